The molecule has 25 heavy (non-hydrogen) atoms. The minimum absolute atomic E-state index is 0.210. The molecule has 6 nitrogen and oxygen atoms in total. The van der Waals surface area contributed by atoms with E-state index < -0.39 is 0 Å². The molecule has 1 aromatic carbocycles. The zero-order valence-corrected chi connectivity index (χ0v) is 14.3. The van der Waals surface area contributed by atoms with E-state index in [0.29, 0.717) is 18.0 Å². The highest BCUT2D eigenvalue weighted by Crippen LogP contribution is 2.40. The molecular formula is C19H20N4O2. The van der Waals surface area contributed by atoms with Gasteiger partial charge >= 0.3 is 0 Å². The van der Waals surface area contributed by atoms with Crippen molar-refractivity contribution >= 4 is 17.1 Å². The second-order valence-electron chi connectivity index (χ2n) is 6.37. The van der Waals surface area contributed by atoms with Crippen LogP contribution in [0, 0.1) is 0 Å². The van der Waals surface area contributed by atoms with E-state index in [2.05, 4.69) is 35.5 Å². The van der Waals surface area contributed by atoms with Crippen LogP contribution >= 0.6 is 0 Å². The highest BCUT2D eigenvalue weighted by atomic mass is 16.5. The molecular weight excluding hydrogens is 316 g/mol. The van der Waals surface area contributed by atoms with Gasteiger partial charge in [-0.1, -0.05) is 18.2 Å². The molecule has 0 spiro atoms. The van der Waals surface area contributed by atoms with Gasteiger partial charge in [-0.2, -0.15) is 5.10 Å². The Kier molecular flexibility index (Phi) is 3.89. The van der Waals surface area contributed by atoms with Gasteiger partial charge in [0.05, 0.1) is 24.0 Å². The molecule has 3 heterocycles. The number of rotatable bonds is 3. The number of hydrogen-bond donors (Lipinski definition) is 1. The van der Waals surface area contributed by atoms with Crippen molar-refractivity contribution in [2.24, 2.45) is 0 Å². The molecule has 1 aliphatic rings. The molecule has 128 valence electrons. The lowest BCUT2D eigenvalue weighted by Gasteiger charge is -2.31. The van der Waals surface area contributed by atoms with E-state index >= 15 is 0 Å². The maximum Gasteiger partial charge on any atom is 0.274 e. The topological polar surface area (TPSA) is 58.9 Å². The largest absolute Gasteiger partial charge is 0.491 e. The third-order valence-corrected chi connectivity index (χ3v) is 4.57. The number of fused-ring (bicyclic) bond motifs is 2. The second kappa shape index (κ2) is 6.22. The van der Waals surface area contributed by atoms with E-state index in [1.54, 1.807) is 16.8 Å². The van der Waals surface area contributed by atoms with E-state index in [9.17, 15) is 4.79 Å². The molecule has 0 aliphatic carbocycles. The van der Waals surface area contributed by atoms with Crippen LogP contribution in [0.25, 0.3) is 5.52 Å². The number of nitrogens with one attached hydrogen (secondary N) is 1. The van der Waals surface area contributed by atoms with Crippen molar-refractivity contribution in [2.75, 3.05) is 26.0 Å². The van der Waals surface area contributed by atoms with Gasteiger partial charge in [0.25, 0.3) is 5.91 Å². The number of pyridine rings is 1. The van der Waals surface area contributed by atoms with Crippen LogP contribution in [0.3, 0.4) is 0 Å². The minimum Gasteiger partial charge on any atom is -0.491 e. The quantitative estimate of drug-likeness (QED) is 0.799. The van der Waals surface area contributed by atoms with Gasteiger partial charge in [-0.25, -0.2) is 4.52 Å². The smallest absolute Gasteiger partial charge is 0.274 e. The number of nitrogens with zero attached hydrogens (tertiary/aromatic N) is 3. The molecule has 0 radical (unpaired) electrons. The first kappa shape index (κ1) is 15.7. The van der Waals surface area contributed by atoms with E-state index in [1.165, 1.54) is 0 Å². The number of carbonyl (C=O) groups excluding carboxylic acids is 1. The number of amides is 1. The molecule has 0 fully saturated rings. The second-order valence-corrected chi connectivity index (χ2v) is 6.37. The summed E-state index contributed by atoms with van der Waals surface area (Å²) in [5, 5.41) is 7.21. The van der Waals surface area contributed by atoms with E-state index in [4.69, 9.17) is 4.74 Å². The summed E-state index contributed by atoms with van der Waals surface area (Å²) in [5.74, 6) is 0.548. The van der Waals surface area contributed by atoms with Crippen LogP contribution in [0.5, 0.6) is 5.75 Å². The standard InChI is InChI=1S/C19H20N4O2/c1-22(2)16-10-12-25-18-14(16)6-4-7-15(18)21-19(24)17-8-3-5-13-9-11-20-23(13)17/h3-9,11,16H,10,12H2,1-2H3,(H,21,24). The van der Waals surface area contributed by atoms with Crippen molar-refractivity contribution in [2.45, 2.75) is 12.5 Å². The van der Waals surface area contributed by atoms with Gasteiger partial charge in [-0.05, 0) is 38.4 Å². The van der Waals surface area contributed by atoms with E-state index in [1.807, 2.05) is 30.3 Å². The fourth-order valence-corrected chi connectivity index (χ4v) is 3.35. The van der Waals surface area contributed by atoms with E-state index in [0.717, 1.165) is 23.3 Å². The van der Waals surface area contributed by atoms with Gasteiger partial charge in [-0.3, -0.25) is 4.79 Å². The van der Waals surface area contributed by atoms with Crippen molar-refractivity contribution in [1.82, 2.24) is 14.5 Å². The molecule has 3 aromatic rings. The Morgan fingerprint density at radius 2 is 2.08 bits per heavy atom. The summed E-state index contributed by atoms with van der Waals surface area (Å²) in [6.07, 6.45) is 2.62. The Balaban J connectivity index is 1.69. The molecule has 1 N–H and O–H groups in total. The van der Waals surface area contributed by atoms with Gasteiger partial charge in [0.15, 0.2) is 0 Å². The summed E-state index contributed by atoms with van der Waals surface area (Å²) in [4.78, 5) is 15.0. The molecule has 1 atom stereocenters. The third kappa shape index (κ3) is 2.74. The van der Waals surface area contributed by atoms with E-state index in [-0.39, 0.29) is 11.9 Å². The molecule has 1 unspecified atom stereocenters. The zero-order valence-electron chi connectivity index (χ0n) is 14.3. The number of benzene rings is 1. The van der Waals surface area contributed by atoms with Crippen LogP contribution in [0.4, 0.5) is 5.69 Å². The molecule has 6 heteroatoms. The summed E-state index contributed by atoms with van der Waals surface area (Å²) in [6, 6.07) is 13.6. The Morgan fingerprint density at radius 1 is 1.24 bits per heavy atom. The Labute approximate surface area is 146 Å². The SMILES string of the molecule is CN(C)C1CCOc2c(NC(=O)c3cccc4ccnn34)cccc21. The highest BCUT2D eigenvalue weighted by molar-refractivity contribution is 6.04. The first-order valence-electron chi connectivity index (χ1n) is 8.31. The van der Waals surface area contributed by atoms with Crippen LogP contribution in [-0.2, 0) is 0 Å². The summed E-state index contributed by atoms with van der Waals surface area (Å²) in [6.45, 7) is 0.636. The normalized spacial score (nSPS) is 16.5. The van der Waals surface area contributed by atoms with Crippen molar-refractivity contribution in [3.63, 3.8) is 0 Å². The molecule has 2 aromatic heterocycles. The zero-order chi connectivity index (χ0) is 17.4. The Bertz CT molecular complexity index is 932. The molecule has 1 aliphatic heterocycles. The molecule has 1 amide bonds. The molecule has 0 bridgehead atoms. The Hall–Kier alpha value is -2.86. The maximum absolute atomic E-state index is 12.8. The van der Waals surface area contributed by atoms with Gasteiger partial charge in [0.1, 0.15) is 11.4 Å². The lowest BCUT2D eigenvalue weighted by molar-refractivity contribution is 0.101. The highest BCUT2D eigenvalue weighted by Gasteiger charge is 2.26. The van der Waals surface area contributed by atoms with Gasteiger partial charge in [0.2, 0.25) is 0 Å². The first-order valence-corrected chi connectivity index (χ1v) is 8.31. The molecule has 0 saturated carbocycles. The van der Waals surface area contributed by atoms with Gasteiger partial charge in [-0.15, -0.1) is 0 Å². The number of anilines is 1. The Morgan fingerprint density at radius 3 is 2.92 bits per heavy atom. The maximum atomic E-state index is 12.8. The summed E-state index contributed by atoms with van der Waals surface area (Å²) in [5.41, 5.74) is 3.16. The molecule has 0 saturated heterocycles. The third-order valence-electron chi connectivity index (χ3n) is 4.57. The average Bonchev–Trinajstić information content (AvgIpc) is 3.10. The van der Waals surface area contributed by atoms with Crippen molar-refractivity contribution in [3.8, 4) is 5.75 Å². The monoisotopic (exact) mass is 336 g/mol. The summed E-state index contributed by atoms with van der Waals surface area (Å²) >= 11 is 0. The van der Waals surface area contributed by atoms with Crippen LogP contribution in [0.1, 0.15) is 28.5 Å². The predicted octanol–water partition coefficient (Wildman–Crippen LogP) is 2.97. The first-order chi connectivity index (χ1) is 12.1. The predicted molar refractivity (Wildman–Crippen MR) is 96.1 cm³/mol. The van der Waals surface area contributed by atoms with Crippen molar-refractivity contribution < 1.29 is 9.53 Å². The van der Waals surface area contributed by atoms with Crippen LogP contribution in [0.15, 0.2) is 48.7 Å². The van der Waals surface area contributed by atoms with Crippen molar-refractivity contribution in [3.05, 3.63) is 59.9 Å². The minimum atomic E-state index is -0.210. The lowest BCUT2D eigenvalue weighted by Crippen LogP contribution is -2.27. The number of hydrogen-bond acceptors (Lipinski definition) is 4. The van der Waals surface area contributed by atoms with Gasteiger partial charge < -0.3 is 15.0 Å². The van der Waals surface area contributed by atoms with Crippen LogP contribution in [-0.4, -0.2) is 41.1 Å². The number of ether oxygens (including phenoxy) is 1. The van der Waals surface area contributed by atoms with Gasteiger partial charge in [0, 0.05) is 18.0 Å². The lowest BCUT2D eigenvalue weighted by atomic mass is 9.98. The fourth-order valence-electron chi connectivity index (χ4n) is 3.35. The summed E-state index contributed by atoms with van der Waals surface area (Å²) in [7, 11) is 4.12. The fraction of sp³-hybridized carbons (Fsp3) is 0.263. The van der Waals surface area contributed by atoms with Crippen LogP contribution < -0.4 is 10.1 Å². The number of aromatic nitrogens is 2. The summed E-state index contributed by atoms with van der Waals surface area (Å²) < 4.78 is 7.51. The average molecular weight is 336 g/mol. The van der Waals surface area contributed by atoms with Crippen LogP contribution in [0.2, 0.25) is 0 Å². The van der Waals surface area contributed by atoms with Crippen molar-refractivity contribution in [1.29, 1.82) is 0 Å². The number of para-hydroxylation sites is 1. The molecule has 4 rings (SSSR count). The number of carbonyl (C=O) groups is 1.